The zero-order chi connectivity index (χ0) is 10.8. The fraction of sp³-hybridized carbons (Fsp3) is 0.364. The van der Waals surface area contributed by atoms with Crippen LogP contribution in [0.4, 0.5) is 4.79 Å². The zero-order valence-electron chi connectivity index (χ0n) is 8.46. The second-order valence-electron chi connectivity index (χ2n) is 3.63. The highest BCUT2D eigenvalue weighted by atomic mass is 16.7. The minimum atomic E-state index is -1.01. The Morgan fingerprint density at radius 2 is 2.07 bits per heavy atom. The first-order valence-corrected chi connectivity index (χ1v) is 4.88. The van der Waals surface area contributed by atoms with E-state index in [0.29, 0.717) is 6.54 Å². The minimum absolute atomic E-state index is 0.294. The number of carbonyl (C=O) groups excluding carboxylic acids is 1. The van der Waals surface area contributed by atoms with Crippen molar-refractivity contribution in [2.24, 2.45) is 0 Å². The molecule has 1 amide bonds. The van der Waals surface area contributed by atoms with Gasteiger partial charge in [-0.1, -0.05) is 30.3 Å². The van der Waals surface area contributed by atoms with Gasteiger partial charge in [0.15, 0.2) is 0 Å². The molecule has 0 bridgehead atoms. The summed E-state index contributed by atoms with van der Waals surface area (Å²) in [6.07, 6.45) is -1.47. The van der Waals surface area contributed by atoms with Crippen molar-refractivity contribution in [3.63, 3.8) is 0 Å². The molecule has 0 saturated carbocycles. The number of benzene rings is 1. The fourth-order valence-corrected chi connectivity index (χ4v) is 1.58. The molecule has 1 aromatic carbocycles. The molecule has 1 N–H and O–H groups in total. The highest BCUT2D eigenvalue weighted by Gasteiger charge is 2.37. The maximum absolute atomic E-state index is 11.3. The average molecular weight is 207 g/mol. The van der Waals surface area contributed by atoms with Crippen LogP contribution in [0.1, 0.15) is 12.5 Å². The van der Waals surface area contributed by atoms with Crippen molar-refractivity contribution in [2.75, 3.05) is 0 Å². The Morgan fingerprint density at radius 3 is 2.60 bits per heavy atom. The molecular weight excluding hydrogens is 194 g/mol. The summed E-state index contributed by atoms with van der Waals surface area (Å²) in [5.74, 6) is 0. The fourth-order valence-electron chi connectivity index (χ4n) is 1.58. The van der Waals surface area contributed by atoms with Gasteiger partial charge in [0.2, 0.25) is 6.29 Å². The first-order chi connectivity index (χ1) is 7.18. The van der Waals surface area contributed by atoms with Crippen molar-refractivity contribution in [3.8, 4) is 0 Å². The molecule has 2 atom stereocenters. The molecule has 1 fully saturated rings. The van der Waals surface area contributed by atoms with Crippen molar-refractivity contribution in [1.82, 2.24) is 4.90 Å². The molecular formula is C11H13NO3. The molecule has 0 radical (unpaired) electrons. The summed E-state index contributed by atoms with van der Waals surface area (Å²) in [6, 6.07) is 9.33. The van der Waals surface area contributed by atoms with Crippen molar-refractivity contribution in [2.45, 2.75) is 25.8 Å². The van der Waals surface area contributed by atoms with E-state index < -0.39 is 12.4 Å². The number of rotatable bonds is 2. The van der Waals surface area contributed by atoms with E-state index in [1.807, 2.05) is 30.3 Å². The second-order valence-corrected chi connectivity index (χ2v) is 3.63. The van der Waals surface area contributed by atoms with Crippen molar-refractivity contribution in [3.05, 3.63) is 35.9 Å². The number of hydrogen-bond donors (Lipinski definition) is 1. The van der Waals surface area contributed by atoms with Crippen LogP contribution in [-0.2, 0) is 11.3 Å². The van der Waals surface area contributed by atoms with E-state index in [-0.39, 0.29) is 6.04 Å². The first kappa shape index (κ1) is 9.98. The van der Waals surface area contributed by atoms with Crippen LogP contribution in [0, 0.1) is 0 Å². The standard InChI is InChI=1S/C11H13NO3/c1-8-10(13)15-11(14)12(8)7-9-5-3-2-4-6-9/h2-6,8,10,13H,7H2,1H3. The summed E-state index contributed by atoms with van der Waals surface area (Å²) < 4.78 is 4.70. The van der Waals surface area contributed by atoms with Crippen LogP contribution in [0.25, 0.3) is 0 Å². The highest BCUT2D eigenvalue weighted by molar-refractivity contribution is 5.70. The first-order valence-electron chi connectivity index (χ1n) is 4.88. The maximum atomic E-state index is 11.3. The van der Waals surface area contributed by atoms with Gasteiger partial charge in [-0.15, -0.1) is 0 Å². The summed E-state index contributed by atoms with van der Waals surface area (Å²) in [6.45, 7) is 2.23. The van der Waals surface area contributed by atoms with E-state index in [1.54, 1.807) is 6.92 Å². The largest absolute Gasteiger partial charge is 0.417 e. The molecule has 1 aliphatic rings. The van der Waals surface area contributed by atoms with Gasteiger partial charge in [-0.3, -0.25) is 4.90 Å². The number of amides is 1. The molecule has 80 valence electrons. The van der Waals surface area contributed by atoms with Gasteiger partial charge in [-0.25, -0.2) is 4.79 Å². The Morgan fingerprint density at radius 1 is 1.40 bits per heavy atom. The van der Waals surface area contributed by atoms with E-state index >= 15 is 0 Å². The van der Waals surface area contributed by atoms with E-state index in [1.165, 1.54) is 4.90 Å². The van der Waals surface area contributed by atoms with Crippen molar-refractivity contribution < 1.29 is 14.6 Å². The van der Waals surface area contributed by atoms with Gasteiger partial charge in [0, 0.05) is 6.54 Å². The molecule has 15 heavy (non-hydrogen) atoms. The summed E-state index contributed by atoms with van der Waals surface area (Å²) in [4.78, 5) is 12.9. The molecule has 4 heteroatoms. The summed E-state index contributed by atoms with van der Waals surface area (Å²) in [5, 5.41) is 9.33. The third kappa shape index (κ3) is 1.94. The Kier molecular flexibility index (Phi) is 2.60. The predicted octanol–water partition coefficient (Wildman–Crippen LogP) is 1.35. The van der Waals surface area contributed by atoms with Gasteiger partial charge in [-0.05, 0) is 12.5 Å². The molecule has 1 heterocycles. The maximum Gasteiger partial charge on any atom is 0.412 e. The normalized spacial score (nSPS) is 25.5. The lowest BCUT2D eigenvalue weighted by atomic mass is 10.2. The summed E-state index contributed by atoms with van der Waals surface area (Å²) in [5.41, 5.74) is 1.02. The highest BCUT2D eigenvalue weighted by Crippen LogP contribution is 2.19. The van der Waals surface area contributed by atoms with Crippen LogP contribution >= 0.6 is 0 Å². The third-order valence-corrected chi connectivity index (χ3v) is 2.56. The molecule has 1 saturated heterocycles. The van der Waals surface area contributed by atoms with Crippen LogP contribution in [0.15, 0.2) is 30.3 Å². The zero-order valence-corrected chi connectivity index (χ0v) is 8.46. The number of carbonyl (C=O) groups is 1. The van der Waals surface area contributed by atoms with Gasteiger partial charge >= 0.3 is 6.09 Å². The lowest BCUT2D eigenvalue weighted by molar-refractivity contribution is -0.0346. The van der Waals surface area contributed by atoms with E-state index in [9.17, 15) is 9.90 Å². The number of hydrogen-bond acceptors (Lipinski definition) is 3. The number of aliphatic hydroxyl groups is 1. The molecule has 0 aliphatic carbocycles. The Hall–Kier alpha value is -1.55. The number of cyclic esters (lactones) is 1. The topological polar surface area (TPSA) is 49.8 Å². The summed E-state index contributed by atoms with van der Waals surface area (Å²) >= 11 is 0. The second kappa shape index (κ2) is 3.90. The minimum Gasteiger partial charge on any atom is -0.417 e. The molecule has 2 rings (SSSR count). The molecule has 1 aromatic rings. The SMILES string of the molecule is CC1C(O)OC(=O)N1Cc1ccccc1. The molecule has 0 spiro atoms. The van der Waals surface area contributed by atoms with Gasteiger partial charge in [0.25, 0.3) is 0 Å². The Balaban J connectivity index is 2.09. The van der Waals surface area contributed by atoms with E-state index in [0.717, 1.165) is 5.56 Å². The van der Waals surface area contributed by atoms with Crippen LogP contribution in [0.3, 0.4) is 0 Å². The van der Waals surface area contributed by atoms with E-state index in [2.05, 4.69) is 0 Å². The van der Waals surface area contributed by atoms with Gasteiger partial charge < -0.3 is 9.84 Å². The quantitative estimate of drug-likeness (QED) is 0.796. The monoisotopic (exact) mass is 207 g/mol. The van der Waals surface area contributed by atoms with Crippen LogP contribution in [0.2, 0.25) is 0 Å². The molecule has 0 aromatic heterocycles. The summed E-state index contributed by atoms with van der Waals surface area (Å²) in [7, 11) is 0. The predicted molar refractivity (Wildman–Crippen MR) is 53.9 cm³/mol. The number of ether oxygens (including phenoxy) is 1. The smallest absolute Gasteiger partial charge is 0.412 e. The Labute approximate surface area is 88.1 Å². The third-order valence-electron chi connectivity index (χ3n) is 2.56. The van der Waals surface area contributed by atoms with Gasteiger partial charge in [0.1, 0.15) is 0 Å². The van der Waals surface area contributed by atoms with Crippen LogP contribution in [0.5, 0.6) is 0 Å². The van der Waals surface area contributed by atoms with E-state index in [4.69, 9.17) is 4.74 Å². The number of nitrogens with zero attached hydrogens (tertiary/aromatic N) is 1. The number of aliphatic hydroxyl groups excluding tert-OH is 1. The van der Waals surface area contributed by atoms with Crippen molar-refractivity contribution >= 4 is 6.09 Å². The van der Waals surface area contributed by atoms with Gasteiger partial charge in [0.05, 0.1) is 6.04 Å². The Bertz CT molecular complexity index is 352. The lowest BCUT2D eigenvalue weighted by Gasteiger charge is -2.18. The average Bonchev–Trinajstić information content (AvgIpc) is 2.47. The molecule has 1 aliphatic heterocycles. The molecule has 2 unspecified atom stereocenters. The van der Waals surface area contributed by atoms with Crippen LogP contribution < -0.4 is 0 Å². The lowest BCUT2D eigenvalue weighted by Crippen LogP contribution is -2.33. The molecule has 4 nitrogen and oxygen atoms in total. The van der Waals surface area contributed by atoms with Crippen molar-refractivity contribution in [1.29, 1.82) is 0 Å². The van der Waals surface area contributed by atoms with Crippen LogP contribution in [-0.4, -0.2) is 28.4 Å². The van der Waals surface area contributed by atoms with Gasteiger partial charge in [-0.2, -0.15) is 0 Å².